The molecular weight excluding hydrogens is 288 g/mol. The number of hydrogen-bond donors (Lipinski definition) is 0. The molecular formula is C16H18O6. The Balaban J connectivity index is 3.10. The van der Waals surface area contributed by atoms with Gasteiger partial charge in [-0.3, -0.25) is 4.79 Å². The molecule has 6 heteroatoms. The fourth-order valence-electron chi connectivity index (χ4n) is 1.53. The lowest BCUT2D eigenvalue weighted by Gasteiger charge is -2.15. The van der Waals surface area contributed by atoms with E-state index in [4.69, 9.17) is 18.9 Å². The van der Waals surface area contributed by atoms with Crippen LogP contribution in [0, 0.1) is 0 Å². The third-order valence-corrected chi connectivity index (χ3v) is 2.54. The summed E-state index contributed by atoms with van der Waals surface area (Å²) in [5.74, 6) is 0.0515. The first-order valence-electron chi connectivity index (χ1n) is 6.46. The number of Topliss-reactive ketones (excluding diaryl/α,β-unsaturated/α-hetero) is 1. The monoisotopic (exact) mass is 306 g/mol. The van der Waals surface area contributed by atoms with E-state index in [1.54, 1.807) is 19.1 Å². The number of carbonyl (C=O) groups is 2. The maximum absolute atomic E-state index is 11.6. The molecule has 6 nitrogen and oxygen atoms in total. The molecule has 0 aromatic heterocycles. The highest BCUT2D eigenvalue weighted by Crippen LogP contribution is 2.39. The molecule has 0 radical (unpaired) electrons. The van der Waals surface area contributed by atoms with E-state index in [2.05, 4.69) is 6.58 Å². The molecule has 0 N–H and O–H groups in total. The summed E-state index contributed by atoms with van der Waals surface area (Å²) in [6.07, 6.45) is 4.16. The number of ether oxygens (including phenoxy) is 4. The molecule has 0 aliphatic heterocycles. The molecule has 22 heavy (non-hydrogen) atoms. The van der Waals surface area contributed by atoms with Crippen molar-refractivity contribution in [2.45, 2.75) is 13.8 Å². The minimum atomic E-state index is -0.618. The molecule has 0 saturated carbocycles. The van der Waals surface area contributed by atoms with E-state index in [0.717, 1.165) is 6.08 Å². The van der Waals surface area contributed by atoms with Gasteiger partial charge < -0.3 is 18.9 Å². The fourth-order valence-corrected chi connectivity index (χ4v) is 1.53. The standard InChI is InChI=1S/C16H18O6/c1-5-7-20-13-8-12(11(3)17)9-14(16(13)19-4)21-10-22-15(18)6-2/h5-9H,2,10H2,1,3-4H3/b7-5+. The van der Waals surface area contributed by atoms with Crippen LogP contribution in [0.3, 0.4) is 0 Å². The van der Waals surface area contributed by atoms with Gasteiger partial charge in [-0.25, -0.2) is 4.79 Å². The molecule has 0 bridgehead atoms. The Labute approximate surface area is 128 Å². The lowest BCUT2D eigenvalue weighted by atomic mass is 10.1. The highest BCUT2D eigenvalue weighted by Gasteiger charge is 2.16. The van der Waals surface area contributed by atoms with Crippen molar-refractivity contribution < 1.29 is 28.5 Å². The summed E-state index contributed by atoms with van der Waals surface area (Å²) in [7, 11) is 1.44. The van der Waals surface area contributed by atoms with Crippen LogP contribution in [0.25, 0.3) is 0 Å². The summed E-state index contributed by atoms with van der Waals surface area (Å²) < 4.78 is 20.7. The minimum Gasteiger partial charge on any atom is -0.490 e. The van der Waals surface area contributed by atoms with Crippen molar-refractivity contribution in [3.8, 4) is 17.2 Å². The van der Waals surface area contributed by atoms with Gasteiger partial charge in [0.2, 0.25) is 12.5 Å². The van der Waals surface area contributed by atoms with E-state index in [1.807, 2.05) is 0 Å². The zero-order valence-electron chi connectivity index (χ0n) is 12.8. The minimum absolute atomic E-state index is 0.166. The van der Waals surface area contributed by atoms with Crippen molar-refractivity contribution in [2.75, 3.05) is 13.9 Å². The number of ketones is 1. The molecule has 0 aliphatic carbocycles. The number of esters is 1. The van der Waals surface area contributed by atoms with Crippen LogP contribution in [0.2, 0.25) is 0 Å². The Morgan fingerprint density at radius 2 is 1.95 bits per heavy atom. The molecule has 0 saturated heterocycles. The topological polar surface area (TPSA) is 71.1 Å². The average Bonchev–Trinajstić information content (AvgIpc) is 2.51. The second kappa shape index (κ2) is 8.51. The largest absolute Gasteiger partial charge is 0.490 e. The summed E-state index contributed by atoms with van der Waals surface area (Å²) >= 11 is 0. The van der Waals surface area contributed by atoms with Gasteiger partial charge in [0.1, 0.15) is 0 Å². The van der Waals surface area contributed by atoms with E-state index in [9.17, 15) is 9.59 Å². The van der Waals surface area contributed by atoms with Gasteiger partial charge >= 0.3 is 5.97 Å². The van der Waals surface area contributed by atoms with Crippen molar-refractivity contribution in [1.82, 2.24) is 0 Å². The Kier molecular flexibility index (Phi) is 6.69. The molecule has 1 rings (SSSR count). The van der Waals surface area contributed by atoms with Crippen LogP contribution in [0.15, 0.2) is 37.1 Å². The fraction of sp³-hybridized carbons (Fsp3) is 0.250. The number of carbonyl (C=O) groups excluding carboxylic acids is 2. The highest BCUT2D eigenvalue weighted by atomic mass is 16.7. The highest BCUT2D eigenvalue weighted by molar-refractivity contribution is 5.95. The Hall–Kier alpha value is -2.76. The first-order chi connectivity index (χ1) is 10.5. The van der Waals surface area contributed by atoms with Crippen LogP contribution in [0.1, 0.15) is 24.2 Å². The predicted molar refractivity (Wildman–Crippen MR) is 80.2 cm³/mol. The third kappa shape index (κ3) is 4.66. The summed E-state index contributed by atoms with van der Waals surface area (Å²) in [5, 5.41) is 0. The van der Waals surface area contributed by atoms with Crippen LogP contribution in [-0.2, 0) is 9.53 Å². The number of benzene rings is 1. The summed E-state index contributed by atoms with van der Waals surface area (Å²) in [4.78, 5) is 22.6. The Morgan fingerprint density at radius 1 is 1.27 bits per heavy atom. The van der Waals surface area contributed by atoms with Crippen molar-refractivity contribution in [1.29, 1.82) is 0 Å². The smallest absolute Gasteiger partial charge is 0.333 e. The van der Waals surface area contributed by atoms with Gasteiger partial charge in [-0.2, -0.15) is 0 Å². The van der Waals surface area contributed by atoms with Crippen LogP contribution in [-0.4, -0.2) is 25.7 Å². The van der Waals surface area contributed by atoms with Gasteiger partial charge in [-0.1, -0.05) is 12.7 Å². The number of methoxy groups -OCH3 is 1. The zero-order chi connectivity index (χ0) is 16.5. The lowest BCUT2D eigenvalue weighted by molar-refractivity contribution is -0.144. The van der Waals surface area contributed by atoms with Gasteiger partial charge in [0.25, 0.3) is 0 Å². The van der Waals surface area contributed by atoms with Crippen LogP contribution in [0.4, 0.5) is 0 Å². The van der Waals surface area contributed by atoms with Gasteiger partial charge in [-0.05, 0) is 26.0 Å². The maximum atomic E-state index is 11.6. The van der Waals surface area contributed by atoms with E-state index in [-0.39, 0.29) is 24.1 Å². The number of allylic oxidation sites excluding steroid dienone is 1. The van der Waals surface area contributed by atoms with Crippen molar-refractivity contribution in [3.05, 3.63) is 42.7 Å². The van der Waals surface area contributed by atoms with Crippen LogP contribution < -0.4 is 14.2 Å². The molecule has 0 aliphatic rings. The Bertz CT molecular complexity index is 589. The molecule has 0 unspecified atom stereocenters. The molecule has 0 fully saturated rings. The quantitative estimate of drug-likeness (QED) is 0.242. The Morgan fingerprint density at radius 3 is 2.50 bits per heavy atom. The molecule has 1 aromatic rings. The maximum Gasteiger partial charge on any atom is 0.333 e. The van der Waals surface area contributed by atoms with Crippen molar-refractivity contribution in [2.24, 2.45) is 0 Å². The molecule has 0 heterocycles. The first-order valence-corrected chi connectivity index (χ1v) is 6.46. The van der Waals surface area contributed by atoms with Crippen LogP contribution in [0.5, 0.6) is 17.2 Å². The summed E-state index contributed by atoms with van der Waals surface area (Å²) in [6, 6.07) is 3.04. The average molecular weight is 306 g/mol. The van der Waals surface area contributed by atoms with Gasteiger partial charge in [0.05, 0.1) is 13.4 Å². The van der Waals surface area contributed by atoms with E-state index in [0.29, 0.717) is 11.3 Å². The molecule has 0 atom stereocenters. The first kappa shape index (κ1) is 17.3. The zero-order valence-corrected chi connectivity index (χ0v) is 12.8. The third-order valence-electron chi connectivity index (χ3n) is 2.54. The number of rotatable bonds is 8. The molecule has 118 valence electrons. The lowest BCUT2D eigenvalue weighted by Crippen LogP contribution is -2.09. The van der Waals surface area contributed by atoms with Gasteiger partial charge in [0, 0.05) is 11.6 Å². The van der Waals surface area contributed by atoms with E-state index < -0.39 is 5.97 Å². The van der Waals surface area contributed by atoms with E-state index >= 15 is 0 Å². The number of hydrogen-bond acceptors (Lipinski definition) is 6. The molecule has 1 aromatic carbocycles. The van der Waals surface area contributed by atoms with Gasteiger partial charge in [-0.15, -0.1) is 0 Å². The second-order valence-electron chi connectivity index (χ2n) is 4.08. The second-order valence-corrected chi connectivity index (χ2v) is 4.08. The summed E-state index contributed by atoms with van der Waals surface area (Å²) in [5.41, 5.74) is 0.380. The van der Waals surface area contributed by atoms with E-state index in [1.165, 1.54) is 26.4 Å². The van der Waals surface area contributed by atoms with Crippen molar-refractivity contribution in [3.63, 3.8) is 0 Å². The summed E-state index contributed by atoms with van der Waals surface area (Å²) in [6.45, 7) is 6.14. The SMILES string of the molecule is C=CC(=O)OCOc1cc(C(C)=O)cc(O/C=C/C)c1OC. The normalized spacial score (nSPS) is 10.1. The van der Waals surface area contributed by atoms with Gasteiger partial charge in [0.15, 0.2) is 17.3 Å². The van der Waals surface area contributed by atoms with Crippen LogP contribution >= 0.6 is 0 Å². The predicted octanol–water partition coefficient (Wildman–Crippen LogP) is 2.88. The molecule has 0 amide bonds. The molecule has 0 spiro atoms. The van der Waals surface area contributed by atoms with Crippen molar-refractivity contribution >= 4 is 11.8 Å².